The number of thioether (sulfide) groups is 2. The summed E-state index contributed by atoms with van der Waals surface area (Å²) in [7, 11) is 0. The van der Waals surface area contributed by atoms with Crippen molar-refractivity contribution in [2.75, 3.05) is 5.04 Å². The minimum absolute atomic E-state index is 0.478. The average molecular weight is 150 g/mol. The minimum atomic E-state index is -1.04. The van der Waals surface area contributed by atoms with E-state index in [0.717, 1.165) is 6.42 Å². The van der Waals surface area contributed by atoms with Crippen molar-refractivity contribution in [1.82, 2.24) is 0 Å². The van der Waals surface area contributed by atoms with E-state index < -0.39 is 5.04 Å². The van der Waals surface area contributed by atoms with E-state index >= 15 is 0 Å². The molecule has 0 N–H and O–H groups in total. The van der Waals surface area contributed by atoms with E-state index in [4.69, 9.17) is 2.74 Å². The largest absolute Gasteiger partial charge is 0.148 e. The Kier molecular flexibility index (Phi) is 1.70. The van der Waals surface area contributed by atoms with Gasteiger partial charge in [0.2, 0.25) is 0 Å². The van der Waals surface area contributed by atoms with E-state index in [1.54, 1.807) is 0 Å². The van der Waals surface area contributed by atoms with E-state index in [2.05, 4.69) is 13.8 Å². The Morgan fingerprint density at radius 1 is 1.38 bits per heavy atom. The van der Waals surface area contributed by atoms with Crippen LogP contribution in [0.5, 0.6) is 0 Å². The van der Waals surface area contributed by atoms with Crippen molar-refractivity contribution in [3.05, 3.63) is 0 Å². The summed E-state index contributed by atoms with van der Waals surface area (Å²) in [4.78, 5) is 0. The highest BCUT2D eigenvalue weighted by molar-refractivity contribution is 8.17. The summed E-state index contributed by atoms with van der Waals surface area (Å²) < 4.78 is 15.0. The van der Waals surface area contributed by atoms with Gasteiger partial charge in [0.25, 0.3) is 0 Å². The Morgan fingerprint density at radius 2 is 1.88 bits per heavy atom. The Bertz CT molecular complexity index is 115. The normalized spacial score (nSPS) is 49.8. The van der Waals surface area contributed by atoms with E-state index in [1.807, 2.05) is 0 Å². The average Bonchev–Trinajstić information content (AvgIpc) is 1.54. The molecule has 0 bridgehead atoms. The summed E-state index contributed by atoms with van der Waals surface area (Å²) in [5.74, 6) is 0. The van der Waals surface area contributed by atoms with Crippen LogP contribution in [0.3, 0.4) is 0 Å². The molecule has 8 heavy (non-hydrogen) atoms. The molecule has 48 valence electrons. The fourth-order valence-electron chi connectivity index (χ4n) is 0.756. The maximum atomic E-state index is 7.48. The molecule has 0 aromatic carbocycles. The van der Waals surface area contributed by atoms with Gasteiger partial charge in [-0.15, -0.1) is 23.5 Å². The first-order valence-corrected chi connectivity index (χ1v) is 4.61. The summed E-state index contributed by atoms with van der Waals surface area (Å²) in [6, 6.07) is 0. The lowest BCUT2D eigenvalue weighted by atomic mass is 10.3. The lowest BCUT2D eigenvalue weighted by Crippen LogP contribution is -2.11. The smallest absolute Gasteiger partial charge is 0.0496 e. The first-order chi connectivity index (χ1) is 4.49. The van der Waals surface area contributed by atoms with Gasteiger partial charge in [-0.2, -0.15) is 0 Å². The van der Waals surface area contributed by atoms with Crippen molar-refractivity contribution in [3.8, 4) is 0 Å². The highest BCUT2D eigenvalue weighted by atomic mass is 32.2. The van der Waals surface area contributed by atoms with Crippen LogP contribution in [0, 0.1) is 0 Å². The molecule has 0 radical (unpaired) electrons. The Labute approximate surface area is 62.6 Å². The fourth-order valence-corrected chi connectivity index (χ4v) is 3.18. The van der Waals surface area contributed by atoms with Crippen LogP contribution < -0.4 is 0 Å². The van der Waals surface area contributed by atoms with Gasteiger partial charge in [-0.05, 0) is 6.42 Å². The quantitative estimate of drug-likeness (QED) is 0.520. The number of rotatable bonds is 0. The predicted octanol–water partition coefficient (Wildman–Crippen LogP) is 2.59. The predicted molar refractivity (Wildman–Crippen MR) is 43.6 cm³/mol. The zero-order valence-electron chi connectivity index (χ0n) is 7.18. The third-order valence-electron chi connectivity index (χ3n) is 1.16. The van der Waals surface area contributed by atoms with Crippen LogP contribution in [-0.2, 0) is 0 Å². The number of hydrogen-bond donors (Lipinski definition) is 0. The molecular weight excluding hydrogens is 136 g/mol. The van der Waals surface area contributed by atoms with Crippen molar-refractivity contribution in [3.63, 3.8) is 0 Å². The van der Waals surface area contributed by atoms with Crippen LogP contribution in [0.1, 0.15) is 23.0 Å². The van der Waals surface area contributed by atoms with Crippen LogP contribution in [0.2, 0.25) is 0 Å². The molecule has 0 nitrogen and oxygen atoms in total. The van der Waals surface area contributed by atoms with E-state index in [9.17, 15) is 0 Å². The van der Waals surface area contributed by atoms with Crippen molar-refractivity contribution >= 4 is 23.5 Å². The molecule has 0 spiro atoms. The van der Waals surface area contributed by atoms with Crippen molar-refractivity contribution in [2.24, 2.45) is 0 Å². The van der Waals surface area contributed by atoms with Gasteiger partial charge in [-0.25, -0.2) is 0 Å². The lowest BCUT2D eigenvalue weighted by Gasteiger charge is -2.22. The SMILES string of the molecule is [2H]C1([2H])SC(C)CC(C)S1. The molecule has 2 atom stereocenters. The molecular formula is C6H12S2. The van der Waals surface area contributed by atoms with E-state index in [0.29, 0.717) is 10.5 Å². The van der Waals surface area contributed by atoms with E-state index in [-0.39, 0.29) is 0 Å². The van der Waals surface area contributed by atoms with Crippen LogP contribution in [0.15, 0.2) is 0 Å². The molecule has 0 aliphatic carbocycles. The molecule has 1 saturated heterocycles. The summed E-state index contributed by atoms with van der Waals surface area (Å²) in [5, 5.41) is -0.0885. The molecule has 1 aliphatic heterocycles. The van der Waals surface area contributed by atoms with Crippen LogP contribution in [0.25, 0.3) is 0 Å². The number of hydrogen-bond acceptors (Lipinski definition) is 2. The molecule has 1 aliphatic rings. The van der Waals surface area contributed by atoms with Crippen LogP contribution in [-0.4, -0.2) is 15.5 Å². The monoisotopic (exact) mass is 150 g/mol. The highest BCUT2D eigenvalue weighted by Gasteiger charge is 2.14. The van der Waals surface area contributed by atoms with Crippen molar-refractivity contribution in [1.29, 1.82) is 0 Å². The van der Waals surface area contributed by atoms with Gasteiger partial charge in [-0.3, -0.25) is 0 Å². The molecule has 1 fully saturated rings. The molecule has 0 aromatic heterocycles. The zero-order chi connectivity index (χ0) is 7.78. The topological polar surface area (TPSA) is 0 Å². The second-order valence-electron chi connectivity index (χ2n) is 2.18. The van der Waals surface area contributed by atoms with Gasteiger partial charge in [-0.1, -0.05) is 13.8 Å². The Hall–Kier alpha value is 0.700. The van der Waals surface area contributed by atoms with Crippen LogP contribution in [0.4, 0.5) is 0 Å². The maximum Gasteiger partial charge on any atom is 0.0496 e. The third kappa shape index (κ3) is 1.90. The second kappa shape index (κ2) is 3.02. The molecule has 2 unspecified atom stereocenters. The summed E-state index contributed by atoms with van der Waals surface area (Å²) in [6.07, 6.45) is 1.13. The lowest BCUT2D eigenvalue weighted by molar-refractivity contribution is 0.799. The molecule has 0 amide bonds. The molecule has 2 heteroatoms. The second-order valence-corrected chi connectivity index (χ2v) is 4.92. The first-order valence-electron chi connectivity index (χ1n) is 3.85. The highest BCUT2D eigenvalue weighted by Crippen LogP contribution is 2.32. The van der Waals surface area contributed by atoms with Crippen molar-refractivity contribution < 1.29 is 2.74 Å². The molecule has 1 heterocycles. The van der Waals surface area contributed by atoms with Gasteiger partial charge in [0.05, 0.1) is 0 Å². The minimum Gasteiger partial charge on any atom is -0.148 e. The van der Waals surface area contributed by atoms with Gasteiger partial charge >= 0.3 is 0 Å². The van der Waals surface area contributed by atoms with Gasteiger partial charge < -0.3 is 0 Å². The molecule has 1 rings (SSSR count). The fraction of sp³-hybridized carbons (Fsp3) is 1.00. The maximum absolute atomic E-state index is 7.48. The molecule has 0 saturated carbocycles. The third-order valence-corrected chi connectivity index (χ3v) is 3.12. The van der Waals surface area contributed by atoms with Gasteiger partial charge in [0.15, 0.2) is 0 Å². The van der Waals surface area contributed by atoms with Crippen LogP contribution >= 0.6 is 23.5 Å². The summed E-state index contributed by atoms with van der Waals surface area (Å²) in [6.45, 7) is 4.19. The Morgan fingerprint density at radius 3 is 2.25 bits per heavy atom. The zero-order valence-corrected chi connectivity index (χ0v) is 6.81. The summed E-state index contributed by atoms with van der Waals surface area (Å²) >= 11 is 2.89. The van der Waals surface area contributed by atoms with Gasteiger partial charge in [0.1, 0.15) is 0 Å². The standard InChI is InChI=1S/C6H12S2/c1-5-3-6(2)8-4-7-5/h5-6H,3-4H2,1-2H3/i4D2. The Balaban J connectivity index is 2.51. The van der Waals surface area contributed by atoms with E-state index in [1.165, 1.54) is 23.5 Å². The van der Waals surface area contributed by atoms with Gasteiger partial charge in [0, 0.05) is 18.3 Å². The van der Waals surface area contributed by atoms with Crippen molar-refractivity contribution in [2.45, 2.75) is 30.8 Å². The molecule has 0 aromatic rings. The first kappa shape index (κ1) is 4.51. The summed E-state index contributed by atoms with van der Waals surface area (Å²) in [5.41, 5.74) is 0.